The van der Waals surface area contributed by atoms with Gasteiger partial charge in [0, 0.05) is 18.4 Å². The fraction of sp³-hybridized carbons (Fsp3) is 0.136. The van der Waals surface area contributed by atoms with Crippen molar-refractivity contribution >= 4 is 18.3 Å². The van der Waals surface area contributed by atoms with Gasteiger partial charge in [-0.1, -0.05) is 42.5 Å². The minimum atomic E-state index is -0.424. The van der Waals surface area contributed by atoms with Gasteiger partial charge in [-0.15, -0.1) is 0 Å². The van der Waals surface area contributed by atoms with E-state index in [1.54, 1.807) is 12.4 Å². The number of hydrogen-bond acceptors (Lipinski definition) is 5. The molecule has 0 spiro atoms. The van der Waals surface area contributed by atoms with Gasteiger partial charge in [-0.2, -0.15) is 10.2 Å². The van der Waals surface area contributed by atoms with E-state index >= 15 is 0 Å². The molecule has 1 amide bonds. The summed E-state index contributed by atoms with van der Waals surface area (Å²) in [4.78, 5) is 12.1. The largest absolute Gasteiger partial charge is 0.366 e. The molecule has 0 aliphatic rings. The fourth-order valence-corrected chi connectivity index (χ4v) is 3.44. The number of benzene rings is 2. The van der Waals surface area contributed by atoms with E-state index in [1.807, 2.05) is 66.2 Å². The van der Waals surface area contributed by atoms with E-state index in [9.17, 15) is 4.79 Å². The van der Waals surface area contributed by atoms with Gasteiger partial charge in [-0.25, -0.2) is 0 Å². The molecule has 1 aromatic heterocycles. The van der Waals surface area contributed by atoms with Crippen LogP contribution in [0.15, 0.2) is 64.9 Å². The Morgan fingerprint density at radius 3 is 2.34 bits per heavy atom. The fourth-order valence-electron chi connectivity index (χ4n) is 3.44. The molecule has 7 nitrogen and oxygen atoms in total. The van der Waals surface area contributed by atoms with Crippen molar-refractivity contribution in [3.63, 3.8) is 0 Å². The molecule has 0 atom stereocenters. The summed E-state index contributed by atoms with van der Waals surface area (Å²) in [5.41, 5.74) is 12.0. The maximum absolute atomic E-state index is 12.1. The molecular formula is C22H24N6O. The summed E-state index contributed by atoms with van der Waals surface area (Å²) in [5.74, 6) is 10.0. The number of carbonyl (C=O) groups excluding carboxylic acids is 1. The van der Waals surface area contributed by atoms with Crippen molar-refractivity contribution < 1.29 is 4.79 Å². The summed E-state index contributed by atoms with van der Waals surface area (Å²) in [5, 5.41) is 7.09. The van der Waals surface area contributed by atoms with Gasteiger partial charge in [-0.3, -0.25) is 4.79 Å². The van der Waals surface area contributed by atoms with Gasteiger partial charge in [0.2, 0.25) is 0 Å². The van der Waals surface area contributed by atoms with Gasteiger partial charge in [0.1, 0.15) is 0 Å². The average Bonchev–Trinajstić information content (AvgIpc) is 2.99. The van der Waals surface area contributed by atoms with Crippen LogP contribution in [0, 0.1) is 6.92 Å². The zero-order valence-electron chi connectivity index (χ0n) is 16.2. The Balaban J connectivity index is 1.90. The number of aromatic nitrogens is 1. The zero-order chi connectivity index (χ0) is 20.8. The number of nitrogens with zero attached hydrogens (tertiary/aromatic N) is 3. The second-order valence-corrected chi connectivity index (χ2v) is 6.83. The Bertz CT molecular complexity index is 1060. The third-order valence-corrected chi connectivity index (χ3v) is 4.80. The minimum absolute atomic E-state index is 0.424. The third-order valence-electron chi connectivity index (χ3n) is 4.80. The lowest BCUT2D eigenvalue weighted by molar-refractivity contribution is 0.0999. The van der Waals surface area contributed by atoms with Crippen LogP contribution in [-0.4, -0.2) is 22.9 Å². The number of carbonyl (C=O) groups is 1. The van der Waals surface area contributed by atoms with Crippen molar-refractivity contribution in [1.82, 2.24) is 4.57 Å². The van der Waals surface area contributed by atoms with Crippen LogP contribution in [0.2, 0.25) is 0 Å². The van der Waals surface area contributed by atoms with Crippen molar-refractivity contribution in [2.75, 3.05) is 0 Å². The predicted molar refractivity (Wildman–Crippen MR) is 116 cm³/mol. The van der Waals surface area contributed by atoms with Gasteiger partial charge in [-0.05, 0) is 47.2 Å². The summed E-state index contributed by atoms with van der Waals surface area (Å²) >= 11 is 0. The molecule has 148 valence electrons. The van der Waals surface area contributed by atoms with Crippen molar-refractivity contribution in [2.24, 2.45) is 27.6 Å². The molecule has 0 unspecified atom stereocenters. The van der Waals surface area contributed by atoms with E-state index in [0.29, 0.717) is 18.5 Å². The highest BCUT2D eigenvalue weighted by Gasteiger charge is 2.17. The second kappa shape index (κ2) is 8.88. The monoisotopic (exact) mass is 388 g/mol. The van der Waals surface area contributed by atoms with Gasteiger partial charge in [0.05, 0.1) is 18.0 Å². The lowest BCUT2D eigenvalue weighted by Crippen LogP contribution is -2.14. The van der Waals surface area contributed by atoms with E-state index in [0.717, 1.165) is 33.5 Å². The second-order valence-electron chi connectivity index (χ2n) is 6.83. The summed E-state index contributed by atoms with van der Waals surface area (Å²) < 4.78 is 2.05. The van der Waals surface area contributed by atoms with Gasteiger partial charge >= 0.3 is 0 Å². The normalized spacial score (nSPS) is 11.5. The van der Waals surface area contributed by atoms with Crippen LogP contribution in [0.1, 0.15) is 43.9 Å². The molecule has 1 heterocycles. The summed E-state index contributed by atoms with van der Waals surface area (Å²) in [6.07, 6.45) is 5.79. The Kier molecular flexibility index (Phi) is 6.09. The Hall–Kier alpha value is -3.87. The molecule has 0 saturated carbocycles. The van der Waals surface area contributed by atoms with Crippen molar-refractivity contribution in [2.45, 2.75) is 19.9 Å². The molecule has 0 aliphatic carbocycles. The number of nitrogens with two attached hydrogens (primary N) is 3. The zero-order valence-corrected chi connectivity index (χ0v) is 16.2. The standard InChI is InChI=1S/C22H24N6O/c1-15-21(22(23)29)20(10-16-5-7-17(8-6-16)11-26-24)14-28(15)13-19-4-2-3-18(9-19)12-27-25/h2-9,11-12,14H,10,13,24-25H2,1H3,(H2,23,29). The highest BCUT2D eigenvalue weighted by Crippen LogP contribution is 2.22. The van der Waals surface area contributed by atoms with Crippen LogP contribution in [-0.2, 0) is 13.0 Å². The van der Waals surface area contributed by atoms with Gasteiger partial charge in [0.15, 0.2) is 0 Å². The molecule has 0 bridgehead atoms. The molecule has 0 radical (unpaired) electrons. The first-order valence-electron chi connectivity index (χ1n) is 9.14. The Morgan fingerprint density at radius 1 is 1.00 bits per heavy atom. The molecule has 2 aromatic carbocycles. The molecular weight excluding hydrogens is 364 g/mol. The summed E-state index contributed by atoms with van der Waals surface area (Å²) in [7, 11) is 0. The SMILES string of the molecule is Cc1c(C(N)=O)c(Cc2ccc(C=NN)cc2)cn1Cc1cccc(C=NN)c1. The Morgan fingerprint density at radius 2 is 1.69 bits per heavy atom. The quantitative estimate of drug-likeness (QED) is 0.326. The van der Waals surface area contributed by atoms with Crippen LogP contribution in [0.4, 0.5) is 0 Å². The highest BCUT2D eigenvalue weighted by molar-refractivity contribution is 5.95. The number of hydrogen-bond donors (Lipinski definition) is 3. The van der Waals surface area contributed by atoms with Crippen molar-refractivity contribution in [1.29, 1.82) is 0 Å². The number of rotatable bonds is 7. The topological polar surface area (TPSA) is 125 Å². The molecule has 3 aromatic rings. The van der Waals surface area contributed by atoms with E-state index in [1.165, 1.54) is 0 Å². The van der Waals surface area contributed by atoms with E-state index < -0.39 is 5.91 Å². The van der Waals surface area contributed by atoms with Crippen LogP contribution in [0.3, 0.4) is 0 Å². The molecule has 0 aliphatic heterocycles. The van der Waals surface area contributed by atoms with Crippen molar-refractivity contribution in [3.8, 4) is 0 Å². The maximum atomic E-state index is 12.1. The first-order chi connectivity index (χ1) is 14.0. The lowest BCUT2D eigenvalue weighted by Gasteiger charge is -2.07. The first-order valence-corrected chi connectivity index (χ1v) is 9.14. The van der Waals surface area contributed by atoms with Crippen LogP contribution in [0.25, 0.3) is 0 Å². The molecule has 3 rings (SSSR count). The summed E-state index contributed by atoms with van der Waals surface area (Å²) in [6.45, 7) is 2.53. The van der Waals surface area contributed by atoms with Gasteiger partial charge < -0.3 is 22.0 Å². The third kappa shape index (κ3) is 4.70. The van der Waals surface area contributed by atoms with Gasteiger partial charge in [0.25, 0.3) is 5.91 Å². The Labute approximate surface area is 169 Å². The van der Waals surface area contributed by atoms with Crippen molar-refractivity contribution in [3.05, 3.63) is 93.8 Å². The number of amides is 1. The molecule has 29 heavy (non-hydrogen) atoms. The minimum Gasteiger partial charge on any atom is -0.366 e. The predicted octanol–water partition coefficient (Wildman–Crippen LogP) is 2.12. The number of primary amides is 1. The first kappa shape index (κ1) is 19.9. The van der Waals surface area contributed by atoms with E-state index in [4.69, 9.17) is 17.4 Å². The molecule has 0 fully saturated rings. The van der Waals surface area contributed by atoms with Crippen LogP contribution in [0.5, 0.6) is 0 Å². The van der Waals surface area contributed by atoms with E-state index in [2.05, 4.69) is 10.2 Å². The maximum Gasteiger partial charge on any atom is 0.250 e. The lowest BCUT2D eigenvalue weighted by atomic mass is 10.0. The molecule has 7 heteroatoms. The number of hydrazone groups is 2. The van der Waals surface area contributed by atoms with E-state index in [-0.39, 0.29) is 0 Å². The van der Waals surface area contributed by atoms with Crippen LogP contribution < -0.4 is 17.4 Å². The average molecular weight is 388 g/mol. The highest BCUT2D eigenvalue weighted by atomic mass is 16.1. The smallest absolute Gasteiger partial charge is 0.250 e. The van der Waals surface area contributed by atoms with Crippen LogP contribution >= 0.6 is 0 Å². The molecule has 6 N–H and O–H groups in total. The summed E-state index contributed by atoms with van der Waals surface area (Å²) in [6, 6.07) is 15.8. The molecule has 0 saturated heterocycles.